The number of fused-ring (bicyclic) bond motifs is 3. The molecule has 3 rings (SSSR count). The lowest BCUT2D eigenvalue weighted by Gasteiger charge is -2.19. The second kappa shape index (κ2) is 10.2. The third kappa shape index (κ3) is 5.13. The molecular weight excluding hydrogens is 404 g/mol. The summed E-state index contributed by atoms with van der Waals surface area (Å²) in [6.45, 7) is -0.354. The van der Waals surface area contributed by atoms with Crippen molar-refractivity contribution in [1.29, 1.82) is 0 Å². The van der Waals surface area contributed by atoms with Gasteiger partial charge in [0.2, 0.25) is 5.91 Å². The van der Waals surface area contributed by atoms with Crippen molar-refractivity contribution in [2.24, 2.45) is 0 Å². The van der Waals surface area contributed by atoms with Crippen molar-refractivity contribution in [3.05, 3.63) is 59.7 Å². The summed E-state index contributed by atoms with van der Waals surface area (Å²) in [6.07, 6.45) is 1.56. The molecule has 0 bridgehead atoms. The van der Waals surface area contributed by atoms with Crippen LogP contribution in [0.5, 0.6) is 0 Å². The number of benzene rings is 2. The number of carbonyl (C=O) groups is 3. The number of amides is 2. The van der Waals surface area contributed by atoms with Crippen molar-refractivity contribution in [2.75, 3.05) is 25.2 Å². The van der Waals surface area contributed by atoms with Gasteiger partial charge in [-0.25, -0.2) is 4.79 Å². The highest BCUT2D eigenvalue weighted by molar-refractivity contribution is 7.98. The Kier molecular flexibility index (Phi) is 7.35. The van der Waals surface area contributed by atoms with Crippen LogP contribution in [0.4, 0.5) is 4.79 Å². The van der Waals surface area contributed by atoms with Crippen molar-refractivity contribution in [1.82, 2.24) is 10.6 Å². The van der Waals surface area contributed by atoms with Crippen LogP contribution in [0.15, 0.2) is 48.5 Å². The number of thioether (sulfide) groups is 1. The van der Waals surface area contributed by atoms with Crippen LogP contribution in [-0.4, -0.2) is 54.3 Å². The van der Waals surface area contributed by atoms with Gasteiger partial charge in [-0.3, -0.25) is 9.59 Å². The second-order valence-corrected chi connectivity index (χ2v) is 7.90. The fraction of sp³-hybridized carbons (Fsp3) is 0.318. The summed E-state index contributed by atoms with van der Waals surface area (Å²) in [5.74, 6) is -1.13. The molecule has 0 saturated heterocycles. The van der Waals surface area contributed by atoms with E-state index in [0.29, 0.717) is 12.2 Å². The summed E-state index contributed by atoms with van der Waals surface area (Å²) >= 11 is 1.53. The molecule has 0 aromatic heterocycles. The maximum absolute atomic E-state index is 12.4. The van der Waals surface area contributed by atoms with Crippen LogP contribution in [0.25, 0.3) is 11.1 Å². The van der Waals surface area contributed by atoms with E-state index >= 15 is 0 Å². The molecule has 3 N–H and O–H groups in total. The van der Waals surface area contributed by atoms with Gasteiger partial charge in [0.15, 0.2) is 0 Å². The minimum absolute atomic E-state index is 0.0753. The molecule has 1 atom stereocenters. The van der Waals surface area contributed by atoms with Crippen molar-refractivity contribution in [2.45, 2.75) is 18.4 Å². The molecule has 0 radical (unpaired) electrons. The lowest BCUT2D eigenvalue weighted by molar-refractivity contribution is -0.138. The summed E-state index contributed by atoms with van der Waals surface area (Å²) < 4.78 is 5.47. The summed E-state index contributed by atoms with van der Waals surface area (Å²) in [6, 6.07) is 15.2. The zero-order chi connectivity index (χ0) is 21.5. The van der Waals surface area contributed by atoms with Gasteiger partial charge in [0, 0.05) is 5.92 Å². The number of carboxylic acids is 1. The third-order valence-electron chi connectivity index (χ3n) is 4.98. The molecule has 0 unspecified atom stereocenters. The molecule has 30 heavy (non-hydrogen) atoms. The van der Waals surface area contributed by atoms with Gasteiger partial charge < -0.3 is 20.5 Å². The van der Waals surface area contributed by atoms with Gasteiger partial charge >= 0.3 is 12.1 Å². The van der Waals surface area contributed by atoms with E-state index in [9.17, 15) is 14.4 Å². The molecule has 158 valence electrons. The van der Waals surface area contributed by atoms with E-state index in [2.05, 4.69) is 22.8 Å². The van der Waals surface area contributed by atoms with Crippen LogP contribution in [-0.2, 0) is 14.3 Å². The van der Waals surface area contributed by atoms with Gasteiger partial charge in [0.25, 0.3) is 0 Å². The van der Waals surface area contributed by atoms with Gasteiger partial charge in [0.05, 0.1) is 0 Å². The fourth-order valence-corrected chi connectivity index (χ4v) is 4.04. The Morgan fingerprint density at radius 3 is 2.23 bits per heavy atom. The minimum atomic E-state index is -1.15. The van der Waals surface area contributed by atoms with Crippen LogP contribution in [0.1, 0.15) is 23.5 Å². The van der Waals surface area contributed by atoms with E-state index in [1.165, 1.54) is 11.8 Å². The molecule has 0 spiro atoms. The van der Waals surface area contributed by atoms with Gasteiger partial charge in [-0.2, -0.15) is 11.8 Å². The van der Waals surface area contributed by atoms with E-state index < -0.39 is 30.6 Å². The molecule has 8 heteroatoms. The van der Waals surface area contributed by atoms with Crippen LogP contribution in [0.3, 0.4) is 0 Å². The average molecular weight is 429 g/mol. The predicted molar refractivity (Wildman–Crippen MR) is 116 cm³/mol. The fourth-order valence-electron chi connectivity index (χ4n) is 3.57. The molecular formula is C22H24N2O5S. The van der Waals surface area contributed by atoms with Crippen LogP contribution in [0, 0.1) is 0 Å². The van der Waals surface area contributed by atoms with Gasteiger partial charge in [-0.1, -0.05) is 48.5 Å². The topological polar surface area (TPSA) is 105 Å². The molecule has 0 saturated carbocycles. The number of nitrogens with one attached hydrogen (secondary N) is 2. The summed E-state index contributed by atoms with van der Waals surface area (Å²) in [5, 5.41) is 13.6. The summed E-state index contributed by atoms with van der Waals surface area (Å²) in [4.78, 5) is 35.3. The molecule has 7 nitrogen and oxygen atoms in total. The highest BCUT2D eigenvalue weighted by Crippen LogP contribution is 2.44. The number of hydrogen-bond acceptors (Lipinski definition) is 5. The first kappa shape index (κ1) is 21.7. The zero-order valence-electron chi connectivity index (χ0n) is 16.6. The number of ether oxygens (including phenoxy) is 1. The maximum Gasteiger partial charge on any atom is 0.407 e. The Morgan fingerprint density at radius 2 is 1.67 bits per heavy atom. The number of aliphatic carboxylic acids is 1. The second-order valence-electron chi connectivity index (χ2n) is 6.92. The number of rotatable bonds is 9. The molecule has 2 aromatic rings. The molecule has 2 amide bonds. The number of hydrogen-bond donors (Lipinski definition) is 3. The molecule has 2 aromatic carbocycles. The predicted octanol–water partition coefficient (Wildman–Crippen LogP) is 2.85. The van der Waals surface area contributed by atoms with Crippen molar-refractivity contribution < 1.29 is 24.2 Å². The lowest BCUT2D eigenvalue weighted by atomic mass is 9.98. The standard InChI is InChI=1S/C22H24N2O5S/c1-30-11-10-19(21(27)23-12-20(25)26)24-22(28)29-13-18-16-8-4-2-6-14(16)15-7-3-5-9-17(15)18/h2-9,18-19H,10-13H2,1H3,(H,23,27)(H,24,28)(H,25,26)/t19-/m0/s1. The van der Waals surface area contributed by atoms with E-state index in [1.54, 1.807) is 0 Å². The van der Waals surface area contributed by atoms with Crippen molar-refractivity contribution in [3.63, 3.8) is 0 Å². The first-order valence-electron chi connectivity index (χ1n) is 9.61. The molecule has 1 aliphatic carbocycles. The molecule has 0 fully saturated rings. The monoisotopic (exact) mass is 428 g/mol. The van der Waals surface area contributed by atoms with E-state index in [-0.39, 0.29) is 12.5 Å². The first-order chi connectivity index (χ1) is 14.5. The van der Waals surface area contributed by atoms with Crippen molar-refractivity contribution in [3.8, 4) is 11.1 Å². The van der Waals surface area contributed by atoms with E-state index in [0.717, 1.165) is 22.3 Å². The number of alkyl carbamates (subject to hydrolysis) is 1. The smallest absolute Gasteiger partial charge is 0.407 e. The molecule has 0 heterocycles. The number of carbonyl (C=O) groups excluding carboxylic acids is 2. The third-order valence-corrected chi connectivity index (χ3v) is 5.62. The Hall–Kier alpha value is -3.00. The zero-order valence-corrected chi connectivity index (χ0v) is 17.4. The van der Waals surface area contributed by atoms with Crippen LogP contribution < -0.4 is 10.6 Å². The Bertz CT molecular complexity index is 888. The van der Waals surface area contributed by atoms with Crippen molar-refractivity contribution >= 4 is 29.7 Å². The highest BCUT2D eigenvalue weighted by Gasteiger charge is 2.29. The normalized spacial score (nSPS) is 13.1. The maximum atomic E-state index is 12.4. The average Bonchev–Trinajstić information content (AvgIpc) is 3.07. The molecule has 0 aliphatic heterocycles. The van der Waals surface area contributed by atoms with E-state index in [4.69, 9.17) is 9.84 Å². The molecule has 1 aliphatic rings. The summed E-state index contributed by atoms with van der Waals surface area (Å²) in [5.41, 5.74) is 4.47. The van der Waals surface area contributed by atoms with Crippen LogP contribution in [0.2, 0.25) is 0 Å². The van der Waals surface area contributed by atoms with Gasteiger partial charge in [0.1, 0.15) is 19.2 Å². The Morgan fingerprint density at radius 1 is 1.07 bits per heavy atom. The summed E-state index contributed by atoms with van der Waals surface area (Å²) in [7, 11) is 0. The Labute approximate surface area is 179 Å². The quantitative estimate of drug-likeness (QED) is 0.567. The van der Waals surface area contributed by atoms with Gasteiger partial charge in [-0.15, -0.1) is 0 Å². The Balaban J connectivity index is 1.64. The number of carboxylic acid groups (broad SMARTS) is 1. The SMILES string of the molecule is CSCC[C@H](NC(=O)OCC1c2ccccc2-c2ccccc21)C(=O)NCC(=O)O. The van der Waals surface area contributed by atoms with Crippen LogP contribution >= 0.6 is 11.8 Å². The lowest BCUT2D eigenvalue weighted by Crippen LogP contribution is -2.48. The minimum Gasteiger partial charge on any atom is -0.480 e. The first-order valence-corrected chi connectivity index (χ1v) is 11.0. The largest absolute Gasteiger partial charge is 0.480 e. The highest BCUT2D eigenvalue weighted by atomic mass is 32.2. The van der Waals surface area contributed by atoms with E-state index in [1.807, 2.05) is 42.7 Å². The van der Waals surface area contributed by atoms with Gasteiger partial charge in [-0.05, 0) is 40.7 Å².